The molecule has 0 aliphatic heterocycles. The predicted octanol–water partition coefficient (Wildman–Crippen LogP) is 4.56. The van der Waals surface area contributed by atoms with E-state index < -0.39 is 28.6 Å². The molecule has 0 amide bonds. The monoisotopic (exact) mass is 451 g/mol. The van der Waals surface area contributed by atoms with Crippen LogP contribution in [0.3, 0.4) is 0 Å². The SMILES string of the molecule is O=C(O)COc1cccc2c1CCCCC2NS(=O)(=O)c1ccc(-c2ccccc2)cc1. The second-order valence-electron chi connectivity index (χ2n) is 7.82. The Morgan fingerprint density at radius 1 is 0.938 bits per heavy atom. The molecule has 1 aliphatic rings. The van der Waals surface area contributed by atoms with E-state index >= 15 is 0 Å². The maximum absolute atomic E-state index is 13.2. The van der Waals surface area contributed by atoms with Crippen molar-refractivity contribution in [2.24, 2.45) is 0 Å². The zero-order chi connectivity index (χ0) is 22.6. The number of fused-ring (bicyclic) bond motifs is 1. The van der Waals surface area contributed by atoms with Gasteiger partial charge in [0.05, 0.1) is 4.90 Å². The molecule has 7 heteroatoms. The van der Waals surface area contributed by atoms with Crippen molar-refractivity contribution in [3.8, 4) is 16.9 Å². The molecule has 4 rings (SSSR count). The van der Waals surface area contributed by atoms with Crippen LogP contribution in [0.2, 0.25) is 0 Å². The van der Waals surface area contributed by atoms with Crippen LogP contribution in [0.4, 0.5) is 0 Å². The van der Waals surface area contributed by atoms with E-state index in [0.717, 1.165) is 41.5 Å². The molecule has 3 aromatic rings. The van der Waals surface area contributed by atoms with Gasteiger partial charge in [0.15, 0.2) is 6.61 Å². The van der Waals surface area contributed by atoms with Crippen LogP contribution in [0.25, 0.3) is 11.1 Å². The lowest BCUT2D eigenvalue weighted by Crippen LogP contribution is -2.29. The quantitative estimate of drug-likeness (QED) is 0.514. The number of carboxylic acid groups (broad SMARTS) is 1. The molecule has 2 N–H and O–H groups in total. The highest BCUT2D eigenvalue weighted by Gasteiger charge is 2.26. The summed E-state index contributed by atoms with van der Waals surface area (Å²) in [5, 5.41) is 8.94. The molecule has 166 valence electrons. The van der Waals surface area contributed by atoms with Crippen molar-refractivity contribution < 1.29 is 23.1 Å². The molecular formula is C25H25NO5S. The zero-order valence-electron chi connectivity index (χ0n) is 17.5. The minimum atomic E-state index is -3.74. The van der Waals surface area contributed by atoms with Crippen molar-refractivity contribution in [3.63, 3.8) is 0 Å². The van der Waals surface area contributed by atoms with Crippen LogP contribution >= 0.6 is 0 Å². The zero-order valence-corrected chi connectivity index (χ0v) is 18.3. The molecule has 0 saturated heterocycles. The van der Waals surface area contributed by atoms with E-state index in [1.165, 1.54) is 0 Å². The third-order valence-electron chi connectivity index (χ3n) is 5.63. The minimum Gasteiger partial charge on any atom is -0.482 e. The van der Waals surface area contributed by atoms with Crippen LogP contribution in [-0.2, 0) is 21.2 Å². The van der Waals surface area contributed by atoms with E-state index in [4.69, 9.17) is 9.84 Å². The summed E-state index contributed by atoms with van der Waals surface area (Å²) in [7, 11) is -3.74. The maximum Gasteiger partial charge on any atom is 0.341 e. The first-order chi connectivity index (χ1) is 15.4. The highest BCUT2D eigenvalue weighted by molar-refractivity contribution is 7.89. The molecule has 6 nitrogen and oxygen atoms in total. The number of ether oxygens (including phenoxy) is 1. The number of hydrogen-bond donors (Lipinski definition) is 2. The molecule has 0 aromatic heterocycles. The second-order valence-corrected chi connectivity index (χ2v) is 9.53. The standard InChI is InChI=1S/C25H25NO5S/c27-25(28)17-31-24-12-6-10-21-22(24)9-4-5-11-23(21)26-32(29,30)20-15-13-19(14-16-20)18-7-2-1-3-8-18/h1-3,6-8,10,12-16,23,26H,4-5,9,11,17H2,(H,27,28). The second kappa shape index (κ2) is 9.54. The number of hydrogen-bond acceptors (Lipinski definition) is 4. The highest BCUT2D eigenvalue weighted by Crippen LogP contribution is 2.35. The van der Waals surface area contributed by atoms with Gasteiger partial charge in [0.1, 0.15) is 5.75 Å². The van der Waals surface area contributed by atoms with Gasteiger partial charge in [-0.15, -0.1) is 0 Å². The van der Waals surface area contributed by atoms with Crippen molar-refractivity contribution in [2.75, 3.05) is 6.61 Å². The first-order valence-corrected chi connectivity index (χ1v) is 12.1. The maximum atomic E-state index is 13.2. The fourth-order valence-electron chi connectivity index (χ4n) is 4.09. The molecule has 32 heavy (non-hydrogen) atoms. The summed E-state index contributed by atoms with van der Waals surface area (Å²) in [6, 6.07) is 21.6. The Kier molecular flexibility index (Phi) is 6.58. The number of sulfonamides is 1. The Labute approximate surface area is 187 Å². The summed E-state index contributed by atoms with van der Waals surface area (Å²) in [5.41, 5.74) is 3.69. The average Bonchev–Trinajstić information content (AvgIpc) is 3.00. The van der Waals surface area contributed by atoms with Gasteiger partial charge in [0.2, 0.25) is 10.0 Å². The minimum absolute atomic E-state index is 0.209. The van der Waals surface area contributed by atoms with E-state index in [9.17, 15) is 13.2 Å². The number of benzene rings is 3. The highest BCUT2D eigenvalue weighted by atomic mass is 32.2. The Hall–Kier alpha value is -3.16. The fraction of sp³-hybridized carbons (Fsp3) is 0.240. The summed E-state index contributed by atoms with van der Waals surface area (Å²) in [6.07, 6.45) is 3.11. The molecule has 3 aromatic carbocycles. The van der Waals surface area contributed by atoms with Crippen molar-refractivity contribution >= 4 is 16.0 Å². The summed E-state index contributed by atoms with van der Waals surface area (Å²) in [6.45, 7) is -0.430. The third-order valence-corrected chi connectivity index (χ3v) is 7.12. The Morgan fingerprint density at radius 2 is 1.66 bits per heavy atom. The van der Waals surface area contributed by atoms with Gasteiger partial charge in [0.25, 0.3) is 0 Å². The van der Waals surface area contributed by atoms with Crippen LogP contribution in [0.15, 0.2) is 77.7 Å². The first kappa shape index (κ1) is 22.0. The van der Waals surface area contributed by atoms with Gasteiger partial charge in [-0.2, -0.15) is 0 Å². The number of aliphatic carboxylic acids is 1. The lowest BCUT2D eigenvalue weighted by Gasteiger charge is -2.21. The van der Waals surface area contributed by atoms with Gasteiger partial charge >= 0.3 is 5.97 Å². The van der Waals surface area contributed by atoms with E-state index in [1.807, 2.05) is 48.5 Å². The summed E-state index contributed by atoms with van der Waals surface area (Å²) in [5.74, 6) is -0.546. The van der Waals surface area contributed by atoms with Gasteiger partial charge in [-0.3, -0.25) is 0 Å². The fourth-order valence-corrected chi connectivity index (χ4v) is 5.34. The molecular weight excluding hydrogens is 426 g/mol. The van der Waals surface area contributed by atoms with E-state index in [0.29, 0.717) is 12.2 Å². The lowest BCUT2D eigenvalue weighted by molar-refractivity contribution is -0.139. The predicted molar refractivity (Wildman–Crippen MR) is 122 cm³/mol. The first-order valence-electron chi connectivity index (χ1n) is 10.6. The van der Waals surface area contributed by atoms with Gasteiger partial charge in [-0.1, -0.05) is 61.0 Å². The number of carbonyl (C=O) groups is 1. The average molecular weight is 452 g/mol. The molecule has 0 radical (unpaired) electrons. The smallest absolute Gasteiger partial charge is 0.341 e. The van der Waals surface area contributed by atoms with Gasteiger partial charge < -0.3 is 9.84 Å². The van der Waals surface area contributed by atoms with Crippen molar-refractivity contribution in [1.82, 2.24) is 4.72 Å². The number of nitrogens with one attached hydrogen (secondary N) is 1. The van der Waals surface area contributed by atoms with Crippen LogP contribution in [0.5, 0.6) is 5.75 Å². The lowest BCUT2D eigenvalue weighted by atomic mass is 9.99. The topological polar surface area (TPSA) is 92.7 Å². The van der Waals surface area contributed by atoms with Gasteiger partial charge in [-0.25, -0.2) is 17.9 Å². The van der Waals surface area contributed by atoms with E-state index in [-0.39, 0.29) is 4.90 Å². The Balaban J connectivity index is 1.58. The summed E-state index contributed by atoms with van der Waals surface area (Å²) < 4.78 is 34.6. The van der Waals surface area contributed by atoms with Crippen molar-refractivity contribution in [2.45, 2.75) is 36.6 Å². The van der Waals surface area contributed by atoms with Gasteiger partial charge in [0, 0.05) is 6.04 Å². The summed E-state index contributed by atoms with van der Waals surface area (Å²) in [4.78, 5) is 11.1. The van der Waals surface area contributed by atoms with Crippen LogP contribution in [0, 0.1) is 0 Å². The Bertz CT molecular complexity index is 1190. The van der Waals surface area contributed by atoms with Crippen LogP contribution < -0.4 is 9.46 Å². The number of carboxylic acids is 1. The third kappa shape index (κ3) is 5.00. The van der Waals surface area contributed by atoms with Crippen molar-refractivity contribution in [1.29, 1.82) is 0 Å². The molecule has 1 aliphatic carbocycles. The van der Waals surface area contributed by atoms with Crippen LogP contribution in [0.1, 0.15) is 36.4 Å². The molecule has 0 spiro atoms. The van der Waals surface area contributed by atoms with Crippen LogP contribution in [-0.4, -0.2) is 26.1 Å². The van der Waals surface area contributed by atoms with Crippen molar-refractivity contribution in [3.05, 3.63) is 83.9 Å². The van der Waals surface area contributed by atoms with E-state index in [2.05, 4.69) is 4.72 Å². The molecule has 0 bridgehead atoms. The molecule has 0 heterocycles. The summed E-state index contributed by atoms with van der Waals surface area (Å²) >= 11 is 0. The Morgan fingerprint density at radius 3 is 2.38 bits per heavy atom. The number of rotatable bonds is 7. The molecule has 0 saturated carbocycles. The normalized spacial score (nSPS) is 16.1. The van der Waals surface area contributed by atoms with Gasteiger partial charge in [-0.05, 0) is 59.7 Å². The largest absolute Gasteiger partial charge is 0.482 e. The molecule has 1 atom stereocenters. The molecule has 0 fully saturated rings. The molecule has 1 unspecified atom stereocenters. The van der Waals surface area contributed by atoms with E-state index in [1.54, 1.807) is 24.3 Å².